The van der Waals surface area contributed by atoms with Crippen molar-refractivity contribution in [2.45, 2.75) is 0 Å². The van der Waals surface area contributed by atoms with Crippen LogP contribution in [-0.4, -0.2) is 29.6 Å². The van der Waals surface area contributed by atoms with Gasteiger partial charge < -0.3 is 10.1 Å². The van der Waals surface area contributed by atoms with Gasteiger partial charge in [0.2, 0.25) is 5.13 Å². The van der Waals surface area contributed by atoms with E-state index in [-0.39, 0.29) is 5.97 Å². The molecule has 0 aliphatic heterocycles. The summed E-state index contributed by atoms with van der Waals surface area (Å²) < 4.78 is 4.65. The molecule has 0 fully saturated rings. The number of carbonyl (C=O) groups is 1. The lowest BCUT2D eigenvalue weighted by molar-refractivity contribution is 0.0602. The van der Waals surface area contributed by atoms with Crippen molar-refractivity contribution in [2.75, 3.05) is 12.4 Å². The minimum atomic E-state index is -0.377. The third-order valence-corrected chi connectivity index (χ3v) is 3.23. The number of hydrogen-bond acceptors (Lipinski definition) is 7. The summed E-state index contributed by atoms with van der Waals surface area (Å²) in [6.07, 6.45) is 1.47. The van der Waals surface area contributed by atoms with Gasteiger partial charge in [0.1, 0.15) is 10.5 Å². The molecular weight excluding hydrogens is 260 g/mol. The lowest BCUT2D eigenvalue weighted by Gasteiger charge is -2.00. The Morgan fingerprint density at radius 1 is 1.59 bits per heavy atom. The van der Waals surface area contributed by atoms with E-state index in [4.69, 9.17) is 0 Å². The molecular formula is C9H8N4O2S2. The van der Waals surface area contributed by atoms with E-state index in [1.807, 2.05) is 0 Å². The van der Waals surface area contributed by atoms with E-state index in [1.165, 1.54) is 36.1 Å². The van der Waals surface area contributed by atoms with Crippen molar-refractivity contribution in [3.05, 3.63) is 22.5 Å². The standard InChI is InChI=1S/C9H8N4O2S2/c1-15-8(14)6-2-3-16-7(6)10-4-11-9-13-12-5-17-9/h2-5H,1H3,(H,10,11,13). The number of nitrogens with zero attached hydrogens (tertiary/aromatic N) is 3. The quantitative estimate of drug-likeness (QED) is 0.522. The molecule has 0 spiro atoms. The van der Waals surface area contributed by atoms with Crippen LogP contribution >= 0.6 is 22.7 Å². The van der Waals surface area contributed by atoms with E-state index in [0.717, 1.165) is 0 Å². The van der Waals surface area contributed by atoms with Crippen LogP contribution < -0.4 is 5.32 Å². The van der Waals surface area contributed by atoms with Crippen molar-refractivity contribution in [1.82, 2.24) is 10.2 Å². The number of hydrogen-bond donors (Lipinski definition) is 1. The van der Waals surface area contributed by atoms with Gasteiger partial charge in [-0.05, 0) is 11.4 Å². The maximum Gasteiger partial charge on any atom is 0.340 e. The smallest absolute Gasteiger partial charge is 0.340 e. The predicted molar refractivity (Wildman–Crippen MR) is 67.3 cm³/mol. The molecule has 0 saturated heterocycles. The van der Waals surface area contributed by atoms with Gasteiger partial charge in [-0.2, -0.15) is 0 Å². The molecule has 0 amide bonds. The predicted octanol–water partition coefficient (Wildman–Crippen LogP) is 2.16. The summed E-state index contributed by atoms with van der Waals surface area (Å²) in [5.41, 5.74) is 2.08. The van der Waals surface area contributed by atoms with Gasteiger partial charge in [-0.1, -0.05) is 11.3 Å². The average Bonchev–Trinajstić information content (AvgIpc) is 2.99. The molecule has 88 valence electrons. The van der Waals surface area contributed by atoms with Gasteiger partial charge in [0, 0.05) is 0 Å². The van der Waals surface area contributed by atoms with Crippen molar-refractivity contribution in [3.8, 4) is 0 Å². The summed E-state index contributed by atoms with van der Waals surface area (Å²) >= 11 is 2.72. The Morgan fingerprint density at radius 3 is 3.18 bits per heavy atom. The van der Waals surface area contributed by atoms with Crippen molar-refractivity contribution in [2.24, 2.45) is 4.99 Å². The first-order valence-electron chi connectivity index (χ1n) is 4.52. The first kappa shape index (κ1) is 11.7. The largest absolute Gasteiger partial charge is 0.465 e. The average molecular weight is 268 g/mol. The van der Waals surface area contributed by atoms with Crippen LogP contribution in [-0.2, 0) is 4.74 Å². The van der Waals surface area contributed by atoms with E-state index in [0.29, 0.717) is 15.7 Å². The summed E-state index contributed by atoms with van der Waals surface area (Å²) in [5.74, 6) is -0.377. The Hall–Kier alpha value is -1.80. The lowest BCUT2D eigenvalue weighted by Crippen LogP contribution is -2.03. The van der Waals surface area contributed by atoms with Gasteiger partial charge in [0.15, 0.2) is 0 Å². The number of nitrogens with one attached hydrogen (secondary N) is 1. The van der Waals surface area contributed by atoms with E-state index >= 15 is 0 Å². The van der Waals surface area contributed by atoms with Gasteiger partial charge in [-0.15, -0.1) is 21.5 Å². The van der Waals surface area contributed by atoms with Crippen LogP contribution in [0, 0.1) is 0 Å². The highest BCUT2D eigenvalue weighted by Crippen LogP contribution is 2.23. The first-order chi connectivity index (χ1) is 8.31. The second-order valence-corrected chi connectivity index (χ2v) is 4.51. The lowest BCUT2D eigenvalue weighted by atomic mass is 10.3. The first-order valence-corrected chi connectivity index (χ1v) is 6.28. The highest BCUT2D eigenvalue weighted by atomic mass is 32.1. The highest BCUT2D eigenvalue weighted by molar-refractivity contribution is 7.14. The number of esters is 1. The van der Waals surface area contributed by atoms with Gasteiger partial charge in [0.05, 0.1) is 19.0 Å². The van der Waals surface area contributed by atoms with Crippen LogP contribution in [0.2, 0.25) is 0 Å². The number of thiophene rings is 1. The Kier molecular flexibility index (Phi) is 3.78. The van der Waals surface area contributed by atoms with E-state index in [9.17, 15) is 4.79 Å². The molecule has 17 heavy (non-hydrogen) atoms. The van der Waals surface area contributed by atoms with Crippen LogP contribution in [0.25, 0.3) is 0 Å². The molecule has 0 aliphatic rings. The zero-order valence-corrected chi connectivity index (χ0v) is 10.4. The fourth-order valence-electron chi connectivity index (χ4n) is 1.06. The van der Waals surface area contributed by atoms with E-state index in [2.05, 4.69) is 25.2 Å². The molecule has 6 nitrogen and oxygen atoms in total. The van der Waals surface area contributed by atoms with Crippen molar-refractivity contribution in [1.29, 1.82) is 0 Å². The molecule has 0 saturated carbocycles. The van der Waals surface area contributed by atoms with Crippen molar-refractivity contribution >= 4 is 45.1 Å². The summed E-state index contributed by atoms with van der Waals surface area (Å²) in [5, 5.41) is 13.3. The van der Waals surface area contributed by atoms with Crippen LogP contribution in [0.4, 0.5) is 10.1 Å². The molecule has 2 rings (SSSR count). The van der Waals surface area contributed by atoms with E-state index < -0.39 is 0 Å². The number of ether oxygens (including phenoxy) is 1. The van der Waals surface area contributed by atoms with Crippen LogP contribution in [0.15, 0.2) is 21.9 Å². The van der Waals surface area contributed by atoms with Crippen LogP contribution in [0.1, 0.15) is 10.4 Å². The maximum absolute atomic E-state index is 11.4. The number of aromatic nitrogens is 2. The summed E-state index contributed by atoms with van der Waals surface area (Å²) in [4.78, 5) is 15.4. The minimum Gasteiger partial charge on any atom is -0.465 e. The van der Waals surface area contributed by atoms with Gasteiger partial charge in [0.25, 0.3) is 0 Å². The molecule has 2 aromatic rings. The second-order valence-electron chi connectivity index (χ2n) is 2.78. The normalized spacial score (nSPS) is 10.6. The fourth-order valence-corrected chi connectivity index (χ4v) is 2.20. The molecule has 2 aromatic heterocycles. The molecule has 0 aromatic carbocycles. The Balaban J connectivity index is 2.04. The van der Waals surface area contributed by atoms with Gasteiger partial charge >= 0.3 is 5.97 Å². The Bertz CT molecular complexity index is 521. The molecule has 0 bridgehead atoms. The molecule has 0 unspecified atom stereocenters. The Morgan fingerprint density at radius 2 is 2.47 bits per heavy atom. The van der Waals surface area contributed by atoms with Crippen LogP contribution in [0.3, 0.4) is 0 Å². The Labute approximate surface area is 105 Å². The SMILES string of the molecule is COC(=O)c1ccsc1N/C=N/c1nncs1. The zero-order chi connectivity index (χ0) is 12.1. The van der Waals surface area contributed by atoms with Gasteiger partial charge in [-0.25, -0.2) is 9.79 Å². The molecule has 0 atom stereocenters. The monoisotopic (exact) mass is 268 g/mol. The maximum atomic E-state index is 11.4. The number of aliphatic imine (C=N–C) groups is 1. The summed E-state index contributed by atoms with van der Waals surface area (Å²) in [6.45, 7) is 0. The fraction of sp³-hybridized carbons (Fsp3) is 0.111. The number of carbonyl (C=O) groups excluding carboxylic acids is 1. The summed E-state index contributed by atoms with van der Waals surface area (Å²) in [7, 11) is 1.35. The van der Waals surface area contributed by atoms with Crippen molar-refractivity contribution in [3.63, 3.8) is 0 Å². The molecule has 0 radical (unpaired) electrons. The van der Waals surface area contributed by atoms with E-state index in [1.54, 1.807) is 17.0 Å². The van der Waals surface area contributed by atoms with Crippen LogP contribution in [0.5, 0.6) is 0 Å². The third kappa shape index (κ3) is 2.86. The molecule has 8 heteroatoms. The topological polar surface area (TPSA) is 76.5 Å². The third-order valence-electron chi connectivity index (χ3n) is 1.79. The second kappa shape index (κ2) is 5.51. The molecule has 2 heterocycles. The highest BCUT2D eigenvalue weighted by Gasteiger charge is 2.11. The number of anilines is 1. The zero-order valence-electron chi connectivity index (χ0n) is 8.78. The molecule has 0 aliphatic carbocycles. The minimum absolute atomic E-state index is 0.377. The molecule has 1 N–H and O–H groups in total. The van der Waals surface area contributed by atoms with Crippen molar-refractivity contribution < 1.29 is 9.53 Å². The number of methoxy groups -OCH3 is 1. The summed E-state index contributed by atoms with van der Waals surface area (Å²) in [6, 6.07) is 1.69. The van der Waals surface area contributed by atoms with Gasteiger partial charge in [-0.3, -0.25) is 0 Å². The number of rotatable bonds is 4.